The number of amides is 1. The van der Waals surface area contributed by atoms with Gasteiger partial charge in [0.2, 0.25) is 5.91 Å². The van der Waals surface area contributed by atoms with Gasteiger partial charge in [0.25, 0.3) is 0 Å². The van der Waals surface area contributed by atoms with Crippen molar-refractivity contribution in [3.63, 3.8) is 0 Å². The number of hydrogen-bond donors (Lipinski definition) is 0. The van der Waals surface area contributed by atoms with E-state index in [0.29, 0.717) is 6.42 Å². The number of aryl methyl sites for hydroxylation is 1. The van der Waals surface area contributed by atoms with Crippen molar-refractivity contribution in [2.24, 2.45) is 0 Å². The van der Waals surface area contributed by atoms with Gasteiger partial charge in [-0.25, -0.2) is 4.39 Å². The van der Waals surface area contributed by atoms with Crippen LogP contribution in [0, 0.1) is 5.82 Å². The number of benzene rings is 1. The highest BCUT2D eigenvalue weighted by molar-refractivity contribution is 7.99. The standard InChI is InChI=1S/C13H16FNOS/c14-12-6-4-11(5-7-12)2-1-3-13(16)15-8-9-17-10-15/h4-7H,1-3,8-10H2. The maximum atomic E-state index is 12.7. The molecule has 1 saturated heterocycles. The summed E-state index contributed by atoms with van der Waals surface area (Å²) < 4.78 is 12.7. The third-order valence-electron chi connectivity index (χ3n) is 2.87. The Labute approximate surface area is 105 Å². The molecule has 17 heavy (non-hydrogen) atoms. The van der Waals surface area contributed by atoms with Gasteiger partial charge < -0.3 is 4.90 Å². The minimum atomic E-state index is -0.209. The molecule has 2 rings (SSSR count). The molecule has 0 aliphatic carbocycles. The molecule has 0 bridgehead atoms. The largest absolute Gasteiger partial charge is 0.333 e. The number of carbonyl (C=O) groups excluding carboxylic acids is 1. The van der Waals surface area contributed by atoms with Gasteiger partial charge >= 0.3 is 0 Å². The van der Waals surface area contributed by atoms with Gasteiger partial charge in [0.15, 0.2) is 0 Å². The molecule has 1 aliphatic heterocycles. The summed E-state index contributed by atoms with van der Waals surface area (Å²) in [5.74, 6) is 1.94. The van der Waals surface area contributed by atoms with Crippen LogP contribution in [0.5, 0.6) is 0 Å². The van der Waals surface area contributed by atoms with Crippen LogP contribution in [-0.2, 0) is 11.2 Å². The second-order valence-electron chi connectivity index (χ2n) is 4.17. The molecular weight excluding hydrogens is 237 g/mol. The summed E-state index contributed by atoms with van der Waals surface area (Å²) in [6, 6.07) is 6.50. The van der Waals surface area contributed by atoms with E-state index in [0.717, 1.165) is 36.6 Å². The van der Waals surface area contributed by atoms with Crippen molar-refractivity contribution in [1.82, 2.24) is 4.90 Å². The average Bonchev–Trinajstić information content (AvgIpc) is 2.85. The highest BCUT2D eigenvalue weighted by Crippen LogP contribution is 2.15. The minimum Gasteiger partial charge on any atom is -0.333 e. The summed E-state index contributed by atoms with van der Waals surface area (Å²) in [5, 5.41) is 0. The van der Waals surface area contributed by atoms with E-state index < -0.39 is 0 Å². The first-order valence-electron chi connectivity index (χ1n) is 5.85. The SMILES string of the molecule is O=C(CCCc1ccc(F)cc1)N1CCSC1. The Hall–Kier alpha value is -1.03. The number of nitrogens with zero attached hydrogens (tertiary/aromatic N) is 1. The number of carbonyl (C=O) groups is 1. The lowest BCUT2D eigenvalue weighted by Gasteiger charge is -2.13. The lowest BCUT2D eigenvalue weighted by Crippen LogP contribution is -2.27. The van der Waals surface area contributed by atoms with Crippen molar-refractivity contribution < 1.29 is 9.18 Å². The molecule has 1 aliphatic rings. The first-order chi connectivity index (χ1) is 8.25. The van der Waals surface area contributed by atoms with Crippen LogP contribution in [-0.4, -0.2) is 29.0 Å². The van der Waals surface area contributed by atoms with E-state index in [1.807, 2.05) is 4.90 Å². The van der Waals surface area contributed by atoms with E-state index in [2.05, 4.69) is 0 Å². The summed E-state index contributed by atoms with van der Waals surface area (Å²) in [7, 11) is 0. The molecule has 92 valence electrons. The Balaban J connectivity index is 1.72. The van der Waals surface area contributed by atoms with Crippen molar-refractivity contribution in [2.45, 2.75) is 19.3 Å². The van der Waals surface area contributed by atoms with Crippen LogP contribution in [0.4, 0.5) is 4.39 Å². The molecule has 1 fully saturated rings. The third-order valence-corrected chi connectivity index (χ3v) is 3.84. The summed E-state index contributed by atoms with van der Waals surface area (Å²) in [6.07, 6.45) is 2.27. The summed E-state index contributed by atoms with van der Waals surface area (Å²) in [5.41, 5.74) is 1.09. The molecule has 1 aromatic rings. The van der Waals surface area contributed by atoms with E-state index in [1.165, 1.54) is 12.1 Å². The maximum Gasteiger partial charge on any atom is 0.223 e. The summed E-state index contributed by atoms with van der Waals surface area (Å²) in [4.78, 5) is 13.7. The van der Waals surface area contributed by atoms with Crippen molar-refractivity contribution in [3.8, 4) is 0 Å². The van der Waals surface area contributed by atoms with E-state index in [9.17, 15) is 9.18 Å². The Morgan fingerprint density at radius 1 is 1.35 bits per heavy atom. The Morgan fingerprint density at radius 3 is 2.76 bits per heavy atom. The van der Waals surface area contributed by atoms with Gasteiger partial charge in [0.1, 0.15) is 5.82 Å². The molecule has 0 spiro atoms. The number of hydrogen-bond acceptors (Lipinski definition) is 2. The summed E-state index contributed by atoms with van der Waals surface area (Å²) in [6.45, 7) is 0.889. The zero-order valence-corrected chi connectivity index (χ0v) is 10.5. The topological polar surface area (TPSA) is 20.3 Å². The second kappa shape index (κ2) is 6.05. The quantitative estimate of drug-likeness (QED) is 0.822. The minimum absolute atomic E-state index is 0.209. The van der Waals surface area contributed by atoms with Gasteiger partial charge in [-0.1, -0.05) is 12.1 Å². The van der Waals surface area contributed by atoms with Crippen molar-refractivity contribution >= 4 is 17.7 Å². The third kappa shape index (κ3) is 3.73. The summed E-state index contributed by atoms with van der Waals surface area (Å²) >= 11 is 1.81. The first-order valence-corrected chi connectivity index (χ1v) is 7.01. The fourth-order valence-corrected chi connectivity index (χ4v) is 2.84. The van der Waals surface area contributed by atoms with E-state index >= 15 is 0 Å². The molecule has 0 atom stereocenters. The van der Waals surface area contributed by atoms with E-state index in [4.69, 9.17) is 0 Å². The van der Waals surface area contributed by atoms with Crippen LogP contribution in [0.15, 0.2) is 24.3 Å². The molecule has 0 unspecified atom stereocenters. The molecular formula is C13H16FNOS. The van der Waals surface area contributed by atoms with Crippen LogP contribution in [0.1, 0.15) is 18.4 Å². The predicted octanol–water partition coefficient (Wildman–Crippen LogP) is 2.68. The van der Waals surface area contributed by atoms with Gasteiger partial charge in [-0.05, 0) is 30.5 Å². The molecule has 1 aromatic carbocycles. The lowest BCUT2D eigenvalue weighted by atomic mass is 10.1. The monoisotopic (exact) mass is 253 g/mol. The Morgan fingerprint density at radius 2 is 2.12 bits per heavy atom. The van der Waals surface area contributed by atoms with E-state index in [1.54, 1.807) is 23.9 Å². The molecule has 1 heterocycles. The van der Waals surface area contributed by atoms with Gasteiger partial charge in [-0.3, -0.25) is 4.79 Å². The second-order valence-corrected chi connectivity index (χ2v) is 5.25. The van der Waals surface area contributed by atoms with Crippen LogP contribution >= 0.6 is 11.8 Å². The smallest absolute Gasteiger partial charge is 0.223 e. The van der Waals surface area contributed by atoms with Gasteiger partial charge in [0, 0.05) is 18.7 Å². The normalized spacial score (nSPS) is 15.2. The molecule has 1 amide bonds. The van der Waals surface area contributed by atoms with E-state index in [-0.39, 0.29) is 11.7 Å². The molecule has 2 nitrogen and oxygen atoms in total. The van der Waals surface area contributed by atoms with Crippen molar-refractivity contribution in [2.75, 3.05) is 18.2 Å². The fraction of sp³-hybridized carbons (Fsp3) is 0.462. The Kier molecular flexibility index (Phi) is 4.42. The van der Waals surface area contributed by atoms with Crippen molar-refractivity contribution in [3.05, 3.63) is 35.6 Å². The van der Waals surface area contributed by atoms with Crippen LogP contribution in [0.2, 0.25) is 0 Å². The number of thioether (sulfide) groups is 1. The van der Waals surface area contributed by atoms with Crippen LogP contribution in [0.3, 0.4) is 0 Å². The zero-order valence-electron chi connectivity index (χ0n) is 9.69. The molecule has 4 heteroatoms. The Bertz CT molecular complexity index is 374. The number of halogens is 1. The van der Waals surface area contributed by atoms with Gasteiger partial charge in [0.05, 0.1) is 5.88 Å². The lowest BCUT2D eigenvalue weighted by molar-refractivity contribution is -0.129. The number of rotatable bonds is 4. The molecule has 0 radical (unpaired) electrons. The molecule has 0 N–H and O–H groups in total. The maximum absolute atomic E-state index is 12.7. The van der Waals surface area contributed by atoms with Gasteiger partial charge in [-0.2, -0.15) is 0 Å². The highest BCUT2D eigenvalue weighted by Gasteiger charge is 2.17. The fourth-order valence-electron chi connectivity index (χ4n) is 1.86. The highest BCUT2D eigenvalue weighted by atomic mass is 32.2. The van der Waals surface area contributed by atoms with Crippen molar-refractivity contribution in [1.29, 1.82) is 0 Å². The van der Waals surface area contributed by atoms with Gasteiger partial charge in [-0.15, -0.1) is 11.8 Å². The zero-order chi connectivity index (χ0) is 12.1. The molecule has 0 saturated carbocycles. The van der Waals surface area contributed by atoms with Crippen LogP contribution < -0.4 is 0 Å². The van der Waals surface area contributed by atoms with Crippen LogP contribution in [0.25, 0.3) is 0 Å². The average molecular weight is 253 g/mol. The first kappa shape index (κ1) is 12.4. The predicted molar refractivity (Wildman–Crippen MR) is 68.4 cm³/mol. The molecule has 0 aromatic heterocycles.